The highest BCUT2D eigenvalue weighted by molar-refractivity contribution is 5.96. The van der Waals surface area contributed by atoms with Crippen molar-refractivity contribution in [1.29, 1.82) is 0 Å². The highest BCUT2D eigenvalue weighted by Crippen LogP contribution is 2.36. The summed E-state index contributed by atoms with van der Waals surface area (Å²) in [5.74, 6) is 0.895. The van der Waals surface area contributed by atoms with Crippen LogP contribution in [0.25, 0.3) is 44.0 Å². The molecule has 0 amide bonds. The number of aromatic nitrogens is 3. The number of benzene rings is 4. The van der Waals surface area contributed by atoms with Gasteiger partial charge in [0.25, 0.3) is 0 Å². The molecule has 5 aromatic rings. The molecule has 3 heteroatoms. The molecule has 0 saturated carbocycles. The number of nitrogens with zero attached hydrogens (tertiary/aromatic N) is 3. The Morgan fingerprint density at radius 3 is 2.03 bits per heavy atom. The molecule has 0 bridgehead atoms. The topological polar surface area (TPSA) is 29.7 Å². The summed E-state index contributed by atoms with van der Waals surface area (Å²) in [4.78, 5) is 5.09. The molecule has 0 aliphatic heterocycles. The van der Waals surface area contributed by atoms with E-state index in [-0.39, 0.29) is 5.41 Å². The van der Waals surface area contributed by atoms with Crippen LogP contribution in [0.15, 0.2) is 66.7 Å². The second-order valence-electron chi connectivity index (χ2n) is 9.14. The van der Waals surface area contributed by atoms with Crippen LogP contribution in [0.2, 0.25) is 0 Å². The first-order valence-electron chi connectivity index (χ1n) is 10.4. The van der Waals surface area contributed by atoms with Gasteiger partial charge < -0.3 is 0 Å². The predicted molar refractivity (Wildman–Crippen MR) is 125 cm³/mol. The molecule has 0 saturated heterocycles. The smallest absolute Gasteiger partial charge is 0.133 e. The van der Waals surface area contributed by atoms with Gasteiger partial charge in [0, 0.05) is 0 Å². The molecule has 5 rings (SSSR count). The van der Waals surface area contributed by atoms with E-state index in [2.05, 4.69) is 94.4 Å². The van der Waals surface area contributed by atoms with Crippen LogP contribution in [0.4, 0.5) is 0 Å². The van der Waals surface area contributed by atoms with Gasteiger partial charge in [-0.3, -0.25) is 0 Å². The van der Waals surface area contributed by atoms with Crippen molar-refractivity contribution in [2.75, 3.05) is 0 Å². The Bertz CT molecular complexity index is 1440. The standard InChI is InChI=1S/C27H26N3/c1-17-20-12-8-9-13-21(20)23(27(2,3)4)16-22(17)26-28-24-14-18-10-6-7-11-19(18)15-25(24)29-30(26)5/h6-16H,1-5H3/q+1. The van der Waals surface area contributed by atoms with Gasteiger partial charge in [0.05, 0.1) is 5.56 Å². The van der Waals surface area contributed by atoms with E-state index in [0.717, 1.165) is 22.4 Å². The molecule has 0 unspecified atom stereocenters. The Balaban J connectivity index is 1.84. The fraction of sp³-hybridized carbons (Fsp3) is 0.222. The van der Waals surface area contributed by atoms with Crippen LogP contribution in [0.3, 0.4) is 0 Å². The van der Waals surface area contributed by atoms with E-state index in [0.29, 0.717) is 0 Å². The average molecular weight is 393 g/mol. The molecule has 30 heavy (non-hydrogen) atoms. The third-order valence-electron chi connectivity index (χ3n) is 6.00. The van der Waals surface area contributed by atoms with Crippen LogP contribution in [-0.2, 0) is 12.5 Å². The Labute approximate surface area is 177 Å². The number of hydrogen-bond donors (Lipinski definition) is 0. The number of aryl methyl sites for hydroxylation is 2. The Morgan fingerprint density at radius 2 is 1.37 bits per heavy atom. The fourth-order valence-electron chi connectivity index (χ4n) is 4.39. The van der Waals surface area contributed by atoms with Gasteiger partial charge in [-0.25, -0.2) is 0 Å². The van der Waals surface area contributed by atoms with E-state index in [4.69, 9.17) is 10.1 Å². The SMILES string of the molecule is Cc1c(-c2nc3cc4ccccc4cc3n[n+]2C)cc(C(C)(C)C)c2ccccc12. The van der Waals surface area contributed by atoms with Crippen LogP contribution < -0.4 is 4.68 Å². The molecule has 3 nitrogen and oxygen atoms in total. The predicted octanol–water partition coefficient (Wildman–Crippen LogP) is 6.03. The fourth-order valence-corrected chi connectivity index (χ4v) is 4.39. The van der Waals surface area contributed by atoms with Gasteiger partial charge in [0.2, 0.25) is 5.52 Å². The lowest BCUT2D eigenvalue weighted by Crippen LogP contribution is -2.37. The monoisotopic (exact) mass is 392 g/mol. The third kappa shape index (κ3) is 2.93. The maximum Gasteiger partial charge on any atom is 0.351 e. The van der Waals surface area contributed by atoms with Crippen LogP contribution in [0.5, 0.6) is 0 Å². The summed E-state index contributed by atoms with van der Waals surface area (Å²) >= 11 is 0. The molecule has 0 aliphatic rings. The van der Waals surface area contributed by atoms with Crippen molar-refractivity contribution in [1.82, 2.24) is 10.1 Å². The summed E-state index contributed by atoms with van der Waals surface area (Å²) in [6, 6.07) is 23.6. The van der Waals surface area contributed by atoms with Crippen molar-refractivity contribution in [3.8, 4) is 11.4 Å². The van der Waals surface area contributed by atoms with Gasteiger partial charge in [-0.2, -0.15) is 0 Å². The molecule has 4 aromatic carbocycles. The zero-order valence-electron chi connectivity index (χ0n) is 18.2. The maximum atomic E-state index is 5.09. The van der Waals surface area contributed by atoms with E-state index < -0.39 is 0 Å². The summed E-state index contributed by atoms with van der Waals surface area (Å²) in [5, 5.41) is 9.83. The minimum atomic E-state index is 0.0289. The summed E-state index contributed by atoms with van der Waals surface area (Å²) < 4.78 is 1.92. The van der Waals surface area contributed by atoms with Crippen LogP contribution in [0.1, 0.15) is 31.9 Å². The molecule has 0 spiro atoms. The normalized spacial score (nSPS) is 12.2. The van der Waals surface area contributed by atoms with Crippen molar-refractivity contribution in [2.45, 2.75) is 33.1 Å². The molecule has 1 aromatic heterocycles. The lowest BCUT2D eigenvalue weighted by Gasteiger charge is -2.23. The Morgan fingerprint density at radius 1 is 0.767 bits per heavy atom. The Hall–Kier alpha value is -3.33. The summed E-state index contributed by atoms with van der Waals surface area (Å²) in [5.41, 5.74) is 5.58. The Kier molecular flexibility index (Phi) is 4.11. The largest absolute Gasteiger partial charge is 0.351 e. The zero-order chi connectivity index (χ0) is 21.0. The van der Waals surface area contributed by atoms with Gasteiger partial charge >= 0.3 is 5.82 Å². The second-order valence-corrected chi connectivity index (χ2v) is 9.14. The van der Waals surface area contributed by atoms with Crippen LogP contribution in [-0.4, -0.2) is 10.1 Å². The number of fused-ring (bicyclic) bond motifs is 3. The second kappa shape index (κ2) is 6.60. The molecule has 1 heterocycles. The van der Waals surface area contributed by atoms with Gasteiger partial charge in [-0.1, -0.05) is 74.4 Å². The molecule has 0 N–H and O–H groups in total. The molecular formula is C27H26N3+. The molecule has 148 valence electrons. The van der Waals surface area contributed by atoms with E-state index in [9.17, 15) is 0 Å². The minimum Gasteiger partial charge on any atom is -0.133 e. The van der Waals surface area contributed by atoms with E-state index in [1.807, 2.05) is 11.7 Å². The van der Waals surface area contributed by atoms with Crippen molar-refractivity contribution in [2.24, 2.45) is 7.05 Å². The van der Waals surface area contributed by atoms with Crippen molar-refractivity contribution in [3.05, 3.63) is 77.9 Å². The zero-order valence-corrected chi connectivity index (χ0v) is 18.2. The average Bonchev–Trinajstić information content (AvgIpc) is 2.72. The van der Waals surface area contributed by atoms with Gasteiger partial charge in [0.1, 0.15) is 7.05 Å². The van der Waals surface area contributed by atoms with Crippen LogP contribution in [0, 0.1) is 6.92 Å². The lowest BCUT2D eigenvalue weighted by molar-refractivity contribution is -0.720. The number of rotatable bonds is 1. The third-order valence-corrected chi connectivity index (χ3v) is 6.00. The molecular weight excluding hydrogens is 366 g/mol. The van der Waals surface area contributed by atoms with Gasteiger partial charge in [-0.05, 0) is 68.2 Å². The van der Waals surface area contributed by atoms with Gasteiger partial charge in [-0.15, -0.1) is 4.68 Å². The highest BCUT2D eigenvalue weighted by atomic mass is 15.3. The molecule has 0 atom stereocenters. The quantitative estimate of drug-likeness (QED) is 0.257. The van der Waals surface area contributed by atoms with Gasteiger partial charge in [0.15, 0.2) is 5.52 Å². The molecule has 0 fully saturated rings. The highest BCUT2D eigenvalue weighted by Gasteiger charge is 2.25. The molecule has 0 aliphatic carbocycles. The first-order chi connectivity index (χ1) is 14.3. The van der Waals surface area contributed by atoms with E-state index in [1.165, 1.54) is 32.7 Å². The van der Waals surface area contributed by atoms with Crippen LogP contribution >= 0.6 is 0 Å². The van der Waals surface area contributed by atoms with Crippen molar-refractivity contribution >= 4 is 32.6 Å². The first kappa shape index (κ1) is 18.7. The van der Waals surface area contributed by atoms with E-state index >= 15 is 0 Å². The van der Waals surface area contributed by atoms with Crippen molar-refractivity contribution in [3.63, 3.8) is 0 Å². The van der Waals surface area contributed by atoms with E-state index in [1.54, 1.807) is 0 Å². The summed E-state index contributed by atoms with van der Waals surface area (Å²) in [6.07, 6.45) is 0. The first-order valence-corrected chi connectivity index (χ1v) is 10.4. The summed E-state index contributed by atoms with van der Waals surface area (Å²) in [6.45, 7) is 9.00. The maximum absolute atomic E-state index is 5.09. The minimum absolute atomic E-state index is 0.0289. The van der Waals surface area contributed by atoms with Crippen molar-refractivity contribution < 1.29 is 4.68 Å². The lowest BCUT2D eigenvalue weighted by atomic mass is 9.81. The number of hydrogen-bond acceptors (Lipinski definition) is 2. The summed E-state index contributed by atoms with van der Waals surface area (Å²) in [7, 11) is 1.99. The molecule has 0 radical (unpaired) electrons.